The Morgan fingerprint density at radius 3 is 2.45 bits per heavy atom. The molecule has 0 atom stereocenters. The highest BCUT2D eigenvalue weighted by atomic mass is 32.2. The first kappa shape index (κ1) is 15.2. The van der Waals surface area contributed by atoms with Crippen molar-refractivity contribution in [2.45, 2.75) is 32.7 Å². The fourth-order valence-electron chi connectivity index (χ4n) is 2.14. The summed E-state index contributed by atoms with van der Waals surface area (Å²) in [7, 11) is -1.21. The number of rotatable bonds is 2. The van der Waals surface area contributed by atoms with Gasteiger partial charge in [-0.25, -0.2) is 18.2 Å². The van der Waals surface area contributed by atoms with E-state index in [2.05, 4.69) is 10.3 Å². The van der Waals surface area contributed by atoms with Gasteiger partial charge in [-0.15, -0.1) is 11.3 Å². The van der Waals surface area contributed by atoms with Crippen LogP contribution in [0.5, 0.6) is 0 Å². The third kappa shape index (κ3) is 3.49. The van der Waals surface area contributed by atoms with E-state index in [1.165, 1.54) is 11.3 Å². The van der Waals surface area contributed by atoms with Gasteiger partial charge in [-0.3, -0.25) is 5.32 Å². The number of carbonyl (C=O) groups is 1. The number of aryl methyl sites for hydroxylation is 2. The number of hydrogen-bond acceptors (Lipinski definition) is 5. The van der Waals surface area contributed by atoms with Crippen LogP contribution in [-0.2, 0) is 9.84 Å². The van der Waals surface area contributed by atoms with Crippen LogP contribution < -0.4 is 5.32 Å². The normalized spacial score (nSPS) is 18.8. The second-order valence-corrected chi connectivity index (χ2v) is 8.59. The molecule has 8 heteroatoms. The standard InChI is InChI=1S/C12H19N3O3S2/c1-8-9(2)19-11(13-8)14-12(16)15(3)10-4-6-20(17,18)7-5-10/h10H,4-7H2,1-3H3,(H,13,14,16). The highest BCUT2D eigenvalue weighted by Gasteiger charge is 2.28. The van der Waals surface area contributed by atoms with Gasteiger partial charge in [-0.1, -0.05) is 0 Å². The average molecular weight is 317 g/mol. The van der Waals surface area contributed by atoms with Gasteiger partial charge in [-0.2, -0.15) is 0 Å². The van der Waals surface area contributed by atoms with Crippen LogP contribution in [0.25, 0.3) is 0 Å². The Bertz CT molecular complexity index is 576. The maximum Gasteiger partial charge on any atom is 0.323 e. The predicted molar refractivity (Wildman–Crippen MR) is 80.0 cm³/mol. The molecule has 1 aliphatic heterocycles. The number of urea groups is 1. The van der Waals surface area contributed by atoms with Gasteiger partial charge in [0, 0.05) is 18.0 Å². The van der Waals surface area contributed by atoms with Crippen LogP contribution in [-0.4, -0.2) is 48.9 Å². The van der Waals surface area contributed by atoms with E-state index in [1.807, 2.05) is 13.8 Å². The molecule has 20 heavy (non-hydrogen) atoms. The molecule has 2 amide bonds. The number of carbonyl (C=O) groups excluding carboxylic acids is 1. The summed E-state index contributed by atoms with van der Waals surface area (Å²) in [6.07, 6.45) is 1.00. The van der Waals surface area contributed by atoms with Crippen LogP contribution in [0.3, 0.4) is 0 Å². The van der Waals surface area contributed by atoms with Crippen molar-refractivity contribution in [1.82, 2.24) is 9.88 Å². The third-order valence-electron chi connectivity index (χ3n) is 3.63. The van der Waals surface area contributed by atoms with E-state index in [-0.39, 0.29) is 23.6 Å². The maximum absolute atomic E-state index is 12.1. The van der Waals surface area contributed by atoms with Crippen LogP contribution in [0.1, 0.15) is 23.4 Å². The van der Waals surface area contributed by atoms with Gasteiger partial charge < -0.3 is 4.90 Å². The molecule has 0 aromatic carbocycles. The van der Waals surface area contributed by atoms with E-state index in [4.69, 9.17) is 0 Å². The number of amides is 2. The van der Waals surface area contributed by atoms with E-state index in [9.17, 15) is 13.2 Å². The minimum atomic E-state index is -2.90. The summed E-state index contributed by atoms with van der Waals surface area (Å²) in [5, 5.41) is 3.35. The number of nitrogens with one attached hydrogen (secondary N) is 1. The number of nitrogens with zero attached hydrogens (tertiary/aromatic N) is 2. The molecule has 2 heterocycles. The summed E-state index contributed by atoms with van der Waals surface area (Å²) in [4.78, 5) is 19.1. The van der Waals surface area contributed by atoms with Gasteiger partial charge in [0.05, 0.1) is 17.2 Å². The quantitative estimate of drug-likeness (QED) is 0.902. The Kier molecular flexibility index (Phi) is 4.33. The molecule has 2 rings (SSSR count). The molecule has 0 unspecified atom stereocenters. The zero-order valence-corrected chi connectivity index (χ0v) is 13.5. The lowest BCUT2D eigenvalue weighted by Gasteiger charge is -2.30. The maximum atomic E-state index is 12.1. The molecule has 1 saturated heterocycles. The Morgan fingerprint density at radius 1 is 1.35 bits per heavy atom. The first-order valence-electron chi connectivity index (χ1n) is 6.47. The van der Waals surface area contributed by atoms with Crippen molar-refractivity contribution >= 4 is 32.3 Å². The lowest BCUT2D eigenvalue weighted by Crippen LogP contribution is -2.44. The first-order valence-corrected chi connectivity index (χ1v) is 9.10. The summed E-state index contributed by atoms with van der Waals surface area (Å²) in [5.74, 6) is 0.315. The van der Waals surface area contributed by atoms with Gasteiger partial charge in [0.25, 0.3) is 0 Å². The molecule has 1 aromatic rings. The number of sulfone groups is 1. The minimum absolute atomic E-state index is 0.0271. The van der Waals surface area contributed by atoms with Gasteiger partial charge in [0.2, 0.25) is 0 Å². The number of anilines is 1. The van der Waals surface area contributed by atoms with Crippen molar-refractivity contribution in [3.63, 3.8) is 0 Å². The van der Waals surface area contributed by atoms with Crippen LogP contribution >= 0.6 is 11.3 Å². The lowest BCUT2D eigenvalue weighted by molar-refractivity contribution is 0.199. The van der Waals surface area contributed by atoms with Gasteiger partial charge in [-0.05, 0) is 26.7 Å². The van der Waals surface area contributed by atoms with Crippen molar-refractivity contribution in [1.29, 1.82) is 0 Å². The molecule has 6 nitrogen and oxygen atoms in total. The Hall–Kier alpha value is -1.15. The van der Waals surface area contributed by atoms with Crippen molar-refractivity contribution in [3.05, 3.63) is 10.6 Å². The fraction of sp³-hybridized carbons (Fsp3) is 0.667. The molecule has 0 spiro atoms. The summed E-state index contributed by atoms with van der Waals surface area (Å²) < 4.78 is 22.8. The van der Waals surface area contributed by atoms with Crippen LogP contribution in [0.2, 0.25) is 0 Å². The van der Waals surface area contributed by atoms with Gasteiger partial charge in [0.1, 0.15) is 9.84 Å². The zero-order chi connectivity index (χ0) is 14.9. The third-order valence-corrected chi connectivity index (χ3v) is 6.34. The SMILES string of the molecule is Cc1nc(NC(=O)N(C)C2CCS(=O)(=O)CC2)sc1C. The molecule has 112 valence electrons. The molecule has 1 aromatic heterocycles. The summed E-state index contributed by atoms with van der Waals surface area (Å²) in [6.45, 7) is 3.86. The largest absolute Gasteiger partial charge is 0.324 e. The molecular weight excluding hydrogens is 298 g/mol. The number of thiazole rings is 1. The molecule has 1 aliphatic rings. The zero-order valence-electron chi connectivity index (χ0n) is 11.8. The number of hydrogen-bond donors (Lipinski definition) is 1. The van der Waals surface area contributed by atoms with Crippen molar-refractivity contribution in [3.8, 4) is 0 Å². The summed E-state index contributed by atoms with van der Waals surface area (Å²) >= 11 is 1.44. The monoisotopic (exact) mass is 317 g/mol. The lowest BCUT2D eigenvalue weighted by atomic mass is 10.1. The fourth-order valence-corrected chi connectivity index (χ4v) is 4.41. The van der Waals surface area contributed by atoms with Crippen LogP contribution in [0, 0.1) is 13.8 Å². The Morgan fingerprint density at radius 2 is 1.95 bits per heavy atom. The van der Waals surface area contributed by atoms with Crippen molar-refractivity contribution in [2.75, 3.05) is 23.9 Å². The summed E-state index contributed by atoms with van der Waals surface area (Å²) in [6, 6.07) is -0.260. The topological polar surface area (TPSA) is 79.4 Å². The van der Waals surface area contributed by atoms with E-state index < -0.39 is 9.84 Å². The second-order valence-electron chi connectivity index (χ2n) is 5.08. The molecule has 0 radical (unpaired) electrons. The van der Waals surface area contributed by atoms with E-state index in [0.29, 0.717) is 18.0 Å². The summed E-state index contributed by atoms with van der Waals surface area (Å²) in [5.41, 5.74) is 0.914. The molecule has 0 saturated carbocycles. The molecule has 1 N–H and O–H groups in total. The minimum Gasteiger partial charge on any atom is -0.324 e. The molecule has 1 fully saturated rings. The Balaban J connectivity index is 1.95. The highest BCUT2D eigenvalue weighted by Crippen LogP contribution is 2.22. The van der Waals surface area contributed by atoms with Crippen molar-refractivity contribution in [2.24, 2.45) is 0 Å². The Labute approximate surface area is 123 Å². The van der Waals surface area contributed by atoms with Gasteiger partial charge >= 0.3 is 6.03 Å². The van der Waals surface area contributed by atoms with E-state index in [1.54, 1.807) is 11.9 Å². The molecular formula is C12H19N3O3S2. The van der Waals surface area contributed by atoms with Crippen LogP contribution in [0.15, 0.2) is 0 Å². The van der Waals surface area contributed by atoms with E-state index in [0.717, 1.165) is 10.6 Å². The average Bonchev–Trinajstić information content (AvgIpc) is 2.67. The van der Waals surface area contributed by atoms with Crippen molar-refractivity contribution < 1.29 is 13.2 Å². The smallest absolute Gasteiger partial charge is 0.323 e. The van der Waals surface area contributed by atoms with Gasteiger partial charge in [0.15, 0.2) is 5.13 Å². The van der Waals surface area contributed by atoms with E-state index >= 15 is 0 Å². The van der Waals surface area contributed by atoms with Crippen LogP contribution in [0.4, 0.5) is 9.93 Å². The molecule has 0 aliphatic carbocycles. The number of aromatic nitrogens is 1. The highest BCUT2D eigenvalue weighted by molar-refractivity contribution is 7.91. The first-order chi connectivity index (χ1) is 9.28. The predicted octanol–water partition coefficient (Wildman–Crippen LogP) is 1.80. The molecule has 0 bridgehead atoms. The second kappa shape index (κ2) is 5.69.